The third kappa shape index (κ3) is 3.67. The number of piperazine rings is 1. The predicted octanol–water partition coefficient (Wildman–Crippen LogP) is 3.13. The highest BCUT2D eigenvalue weighted by Gasteiger charge is 2.22. The first-order chi connectivity index (χ1) is 13.6. The van der Waals surface area contributed by atoms with Gasteiger partial charge < -0.3 is 14.8 Å². The Kier molecular flexibility index (Phi) is 4.93. The minimum absolute atomic E-state index is 0.0117. The van der Waals surface area contributed by atoms with Crippen LogP contribution in [0.25, 0.3) is 17.1 Å². The summed E-state index contributed by atoms with van der Waals surface area (Å²) in [5.74, 6) is 0.0915. The number of nitrogens with one attached hydrogen (secondary N) is 1. The van der Waals surface area contributed by atoms with Crippen LogP contribution < -0.4 is 4.90 Å². The fraction of sp³-hybridized carbons (Fsp3) is 0.227. The molecular weight excluding hydrogens is 352 g/mol. The number of allylic oxidation sites excluding steroid dienone is 1. The van der Waals surface area contributed by atoms with Crippen LogP contribution in [0.3, 0.4) is 0 Å². The first kappa shape index (κ1) is 18.0. The highest BCUT2D eigenvalue weighted by Crippen LogP contribution is 2.24. The molecule has 3 aromatic rings. The Balaban J connectivity index is 1.48. The molecule has 0 spiro atoms. The average molecular weight is 374 g/mol. The largest absolute Gasteiger partial charge is 0.367 e. The van der Waals surface area contributed by atoms with Crippen LogP contribution in [0.1, 0.15) is 22.8 Å². The van der Waals surface area contributed by atoms with Gasteiger partial charge in [-0.3, -0.25) is 9.59 Å². The van der Waals surface area contributed by atoms with Crippen LogP contribution in [0.2, 0.25) is 0 Å². The molecular formula is C22H22N4O2. The fourth-order valence-corrected chi connectivity index (χ4v) is 3.46. The third-order valence-corrected chi connectivity index (χ3v) is 5.00. The van der Waals surface area contributed by atoms with Gasteiger partial charge in [0.1, 0.15) is 5.65 Å². The second kappa shape index (κ2) is 7.68. The molecule has 1 saturated heterocycles. The number of amides is 1. The van der Waals surface area contributed by atoms with E-state index < -0.39 is 0 Å². The second-order valence-corrected chi connectivity index (χ2v) is 6.92. The molecule has 6 nitrogen and oxygen atoms in total. The van der Waals surface area contributed by atoms with Crippen LogP contribution in [0, 0.1) is 0 Å². The summed E-state index contributed by atoms with van der Waals surface area (Å²) in [7, 11) is 0. The minimum Gasteiger partial charge on any atom is -0.367 e. The maximum absolute atomic E-state index is 12.6. The molecule has 1 fully saturated rings. The lowest BCUT2D eigenvalue weighted by molar-refractivity contribution is -0.112. The lowest BCUT2D eigenvalue weighted by Crippen LogP contribution is -2.48. The molecule has 142 valence electrons. The number of benzene rings is 1. The van der Waals surface area contributed by atoms with E-state index in [1.54, 1.807) is 6.08 Å². The van der Waals surface area contributed by atoms with Gasteiger partial charge in [-0.05, 0) is 37.3 Å². The van der Waals surface area contributed by atoms with Crippen LogP contribution in [0.4, 0.5) is 5.69 Å². The Morgan fingerprint density at radius 3 is 2.57 bits per heavy atom. The summed E-state index contributed by atoms with van der Waals surface area (Å²) >= 11 is 0. The molecule has 1 aliphatic rings. The summed E-state index contributed by atoms with van der Waals surface area (Å²) in [6.45, 7) is 4.40. The van der Waals surface area contributed by atoms with Gasteiger partial charge in [0.2, 0.25) is 0 Å². The zero-order chi connectivity index (χ0) is 19.5. The van der Waals surface area contributed by atoms with Crippen LogP contribution in [0.5, 0.6) is 0 Å². The SMILES string of the molecule is CC(=O)/C=C/c1c[nH]c2ncc(N3CCN(C(=O)c4ccccc4)CC3)cc12. The molecule has 0 saturated carbocycles. The molecule has 4 rings (SSSR count). The van der Waals surface area contributed by atoms with Gasteiger partial charge in [-0.1, -0.05) is 18.2 Å². The summed E-state index contributed by atoms with van der Waals surface area (Å²) in [4.78, 5) is 35.6. The Hall–Kier alpha value is -3.41. The number of carbonyl (C=O) groups excluding carboxylic acids is 2. The molecule has 1 N–H and O–H groups in total. The Morgan fingerprint density at radius 1 is 1.11 bits per heavy atom. The molecule has 1 aromatic carbocycles. The first-order valence-corrected chi connectivity index (χ1v) is 9.37. The number of hydrogen-bond donors (Lipinski definition) is 1. The number of pyridine rings is 1. The topological polar surface area (TPSA) is 69.3 Å². The number of aromatic nitrogens is 2. The number of rotatable bonds is 4. The molecule has 0 unspecified atom stereocenters. The molecule has 2 aromatic heterocycles. The second-order valence-electron chi connectivity index (χ2n) is 6.92. The molecule has 3 heterocycles. The fourth-order valence-electron chi connectivity index (χ4n) is 3.46. The van der Waals surface area contributed by atoms with Gasteiger partial charge in [0.05, 0.1) is 11.9 Å². The first-order valence-electron chi connectivity index (χ1n) is 9.37. The third-order valence-electron chi connectivity index (χ3n) is 5.00. The molecule has 1 amide bonds. The van der Waals surface area contributed by atoms with Gasteiger partial charge in [0.25, 0.3) is 5.91 Å². The number of carbonyl (C=O) groups is 2. The normalized spacial score (nSPS) is 14.8. The van der Waals surface area contributed by atoms with Gasteiger partial charge in [0, 0.05) is 48.9 Å². The van der Waals surface area contributed by atoms with E-state index in [1.165, 1.54) is 6.92 Å². The van der Waals surface area contributed by atoms with Crippen molar-refractivity contribution in [1.82, 2.24) is 14.9 Å². The van der Waals surface area contributed by atoms with E-state index in [0.29, 0.717) is 13.1 Å². The van der Waals surface area contributed by atoms with Crippen LogP contribution in [-0.4, -0.2) is 52.7 Å². The summed E-state index contributed by atoms with van der Waals surface area (Å²) in [6, 6.07) is 11.5. The molecule has 0 aliphatic carbocycles. The maximum atomic E-state index is 12.6. The summed E-state index contributed by atoms with van der Waals surface area (Å²) in [6.07, 6.45) is 7.08. The molecule has 6 heteroatoms. The number of hydrogen-bond acceptors (Lipinski definition) is 4. The molecule has 0 atom stereocenters. The number of ketones is 1. The van der Waals surface area contributed by atoms with Crippen molar-refractivity contribution >= 4 is 34.5 Å². The van der Waals surface area contributed by atoms with Gasteiger partial charge in [-0.15, -0.1) is 0 Å². The number of nitrogens with zero attached hydrogens (tertiary/aromatic N) is 3. The smallest absolute Gasteiger partial charge is 0.253 e. The maximum Gasteiger partial charge on any atom is 0.253 e. The molecule has 0 bridgehead atoms. The van der Waals surface area contributed by atoms with Gasteiger partial charge >= 0.3 is 0 Å². The van der Waals surface area contributed by atoms with E-state index in [-0.39, 0.29) is 11.7 Å². The van der Waals surface area contributed by atoms with Crippen molar-refractivity contribution < 1.29 is 9.59 Å². The van der Waals surface area contributed by atoms with Crippen LogP contribution >= 0.6 is 0 Å². The van der Waals surface area contributed by atoms with Crippen molar-refractivity contribution in [1.29, 1.82) is 0 Å². The van der Waals surface area contributed by atoms with Crippen molar-refractivity contribution in [3.63, 3.8) is 0 Å². The van der Waals surface area contributed by atoms with E-state index in [2.05, 4.69) is 20.9 Å². The lowest BCUT2D eigenvalue weighted by atomic mass is 10.1. The summed E-state index contributed by atoms with van der Waals surface area (Å²) in [5.41, 5.74) is 3.49. The summed E-state index contributed by atoms with van der Waals surface area (Å²) < 4.78 is 0. The van der Waals surface area contributed by atoms with Crippen molar-refractivity contribution in [3.05, 3.63) is 66.0 Å². The molecule has 28 heavy (non-hydrogen) atoms. The quantitative estimate of drug-likeness (QED) is 0.713. The monoisotopic (exact) mass is 374 g/mol. The number of aromatic amines is 1. The predicted molar refractivity (Wildman–Crippen MR) is 110 cm³/mol. The van der Waals surface area contributed by atoms with Crippen LogP contribution in [-0.2, 0) is 4.79 Å². The van der Waals surface area contributed by atoms with E-state index in [0.717, 1.165) is 40.9 Å². The zero-order valence-corrected chi connectivity index (χ0v) is 15.8. The Labute approximate surface area is 163 Å². The van der Waals surface area contributed by atoms with Gasteiger partial charge in [-0.25, -0.2) is 4.98 Å². The van der Waals surface area contributed by atoms with E-state index >= 15 is 0 Å². The van der Waals surface area contributed by atoms with Crippen molar-refractivity contribution in [2.75, 3.05) is 31.1 Å². The minimum atomic E-state index is 0.0117. The number of fused-ring (bicyclic) bond motifs is 1. The van der Waals surface area contributed by atoms with Crippen molar-refractivity contribution in [2.24, 2.45) is 0 Å². The van der Waals surface area contributed by atoms with Crippen molar-refractivity contribution in [2.45, 2.75) is 6.92 Å². The zero-order valence-electron chi connectivity index (χ0n) is 15.8. The van der Waals surface area contributed by atoms with Gasteiger partial charge in [-0.2, -0.15) is 0 Å². The van der Waals surface area contributed by atoms with E-state index in [9.17, 15) is 9.59 Å². The van der Waals surface area contributed by atoms with Crippen molar-refractivity contribution in [3.8, 4) is 0 Å². The van der Waals surface area contributed by atoms with Gasteiger partial charge in [0.15, 0.2) is 5.78 Å². The highest BCUT2D eigenvalue weighted by molar-refractivity contribution is 5.96. The van der Waals surface area contributed by atoms with E-state index in [1.807, 2.05) is 53.7 Å². The Morgan fingerprint density at radius 2 is 1.86 bits per heavy atom. The number of H-pyrrole nitrogens is 1. The standard InChI is InChI=1S/C22H22N4O2/c1-16(27)7-8-18-14-23-21-20(18)13-19(15-24-21)25-9-11-26(12-10-25)22(28)17-5-3-2-4-6-17/h2-8,13-15H,9-12H2,1H3,(H,23,24)/b8-7+. The Bertz CT molecular complexity index is 1030. The molecule has 0 radical (unpaired) electrons. The summed E-state index contributed by atoms with van der Waals surface area (Å²) in [5, 5.41) is 0.984. The molecule has 1 aliphatic heterocycles. The number of anilines is 1. The average Bonchev–Trinajstić information content (AvgIpc) is 3.14. The van der Waals surface area contributed by atoms with E-state index in [4.69, 9.17) is 0 Å². The lowest BCUT2D eigenvalue weighted by Gasteiger charge is -2.36. The van der Waals surface area contributed by atoms with Crippen LogP contribution in [0.15, 0.2) is 54.9 Å². The highest BCUT2D eigenvalue weighted by atomic mass is 16.2.